The lowest BCUT2D eigenvalue weighted by molar-refractivity contribution is 0.411. The van der Waals surface area contributed by atoms with Crippen LogP contribution in [0.5, 0.6) is 0 Å². The molecule has 1 aliphatic carbocycles. The molecule has 0 saturated heterocycles. The Labute approximate surface area is 111 Å². The molecule has 0 heterocycles. The summed E-state index contributed by atoms with van der Waals surface area (Å²) in [5.41, 5.74) is 2.69. The van der Waals surface area contributed by atoms with Gasteiger partial charge in [-0.3, -0.25) is 0 Å². The van der Waals surface area contributed by atoms with Crippen LogP contribution in [0.4, 0.5) is 5.69 Å². The largest absolute Gasteiger partial charge is 0.374 e. The molecule has 1 aromatic carbocycles. The predicted molar refractivity (Wildman–Crippen MR) is 79.3 cm³/mol. The van der Waals surface area contributed by atoms with Crippen molar-refractivity contribution in [2.75, 3.05) is 25.0 Å². The van der Waals surface area contributed by atoms with Crippen LogP contribution in [0.2, 0.25) is 0 Å². The number of hydrogen-bond acceptors (Lipinski definition) is 2. The quantitative estimate of drug-likeness (QED) is 0.858. The van der Waals surface area contributed by atoms with Crippen LogP contribution < -0.4 is 10.2 Å². The number of anilines is 1. The standard InChI is InChI=1S/C16H26N2/c1-4-17-16-10-6-8-14(16)12-18(3)15-9-5-7-13(2)11-15/h5,7,9,11,14,16-17H,4,6,8,10,12H2,1-3H3. The highest BCUT2D eigenvalue weighted by atomic mass is 15.1. The summed E-state index contributed by atoms with van der Waals surface area (Å²) in [6.07, 6.45) is 4.10. The van der Waals surface area contributed by atoms with Gasteiger partial charge in [-0.05, 0) is 49.9 Å². The van der Waals surface area contributed by atoms with Gasteiger partial charge in [0.2, 0.25) is 0 Å². The average molecular weight is 246 g/mol. The molecule has 1 fully saturated rings. The molecule has 1 aromatic rings. The minimum atomic E-state index is 0.724. The van der Waals surface area contributed by atoms with Crippen LogP contribution >= 0.6 is 0 Å². The van der Waals surface area contributed by atoms with E-state index in [-0.39, 0.29) is 0 Å². The summed E-state index contributed by atoms with van der Waals surface area (Å²) in [4.78, 5) is 2.41. The number of nitrogens with one attached hydrogen (secondary N) is 1. The van der Waals surface area contributed by atoms with E-state index in [9.17, 15) is 0 Å². The minimum absolute atomic E-state index is 0.724. The number of hydrogen-bond donors (Lipinski definition) is 1. The summed E-state index contributed by atoms with van der Waals surface area (Å²) in [7, 11) is 2.22. The van der Waals surface area contributed by atoms with Crippen LogP contribution in [0.3, 0.4) is 0 Å². The Kier molecular flexibility index (Phi) is 4.65. The van der Waals surface area contributed by atoms with E-state index in [4.69, 9.17) is 0 Å². The van der Waals surface area contributed by atoms with Crippen LogP contribution in [-0.2, 0) is 0 Å². The van der Waals surface area contributed by atoms with Crippen molar-refractivity contribution >= 4 is 5.69 Å². The second kappa shape index (κ2) is 6.24. The molecule has 0 bridgehead atoms. The topological polar surface area (TPSA) is 15.3 Å². The van der Waals surface area contributed by atoms with Gasteiger partial charge in [-0.2, -0.15) is 0 Å². The van der Waals surface area contributed by atoms with Crippen molar-refractivity contribution in [3.63, 3.8) is 0 Å². The first kappa shape index (κ1) is 13.4. The molecule has 0 amide bonds. The van der Waals surface area contributed by atoms with Crippen LogP contribution in [0.15, 0.2) is 24.3 Å². The van der Waals surface area contributed by atoms with Gasteiger partial charge >= 0.3 is 0 Å². The van der Waals surface area contributed by atoms with Gasteiger partial charge in [0.05, 0.1) is 0 Å². The van der Waals surface area contributed by atoms with Crippen LogP contribution in [0.1, 0.15) is 31.7 Å². The molecule has 1 aliphatic rings. The first-order chi connectivity index (χ1) is 8.70. The molecule has 1 saturated carbocycles. The molecule has 0 radical (unpaired) electrons. The van der Waals surface area contributed by atoms with Crippen LogP contribution in [-0.4, -0.2) is 26.2 Å². The Bertz CT molecular complexity index is 375. The summed E-state index contributed by atoms with van der Waals surface area (Å²) >= 11 is 0. The van der Waals surface area contributed by atoms with Gasteiger partial charge in [0, 0.05) is 25.3 Å². The second-order valence-electron chi connectivity index (χ2n) is 5.57. The second-order valence-corrected chi connectivity index (χ2v) is 5.57. The number of nitrogens with zero attached hydrogens (tertiary/aromatic N) is 1. The molecule has 2 heteroatoms. The molecule has 2 rings (SSSR count). The normalized spacial score (nSPS) is 23.3. The van der Waals surface area contributed by atoms with E-state index in [2.05, 4.69) is 55.4 Å². The summed E-state index contributed by atoms with van der Waals surface area (Å²) in [5, 5.41) is 3.64. The van der Waals surface area contributed by atoms with Crippen molar-refractivity contribution in [3.8, 4) is 0 Å². The summed E-state index contributed by atoms with van der Waals surface area (Å²) < 4.78 is 0. The molecule has 1 N–H and O–H groups in total. The van der Waals surface area contributed by atoms with E-state index in [1.165, 1.54) is 37.1 Å². The monoisotopic (exact) mass is 246 g/mol. The third kappa shape index (κ3) is 3.26. The Hall–Kier alpha value is -1.02. The summed E-state index contributed by atoms with van der Waals surface area (Å²) in [6.45, 7) is 6.63. The fraction of sp³-hybridized carbons (Fsp3) is 0.625. The van der Waals surface area contributed by atoms with Gasteiger partial charge in [-0.15, -0.1) is 0 Å². The van der Waals surface area contributed by atoms with Gasteiger partial charge in [0.25, 0.3) is 0 Å². The summed E-state index contributed by atoms with van der Waals surface area (Å²) in [5.74, 6) is 0.801. The van der Waals surface area contributed by atoms with E-state index in [0.29, 0.717) is 0 Å². The molecule has 0 spiro atoms. The highest BCUT2D eigenvalue weighted by Crippen LogP contribution is 2.27. The minimum Gasteiger partial charge on any atom is -0.374 e. The molecule has 18 heavy (non-hydrogen) atoms. The Morgan fingerprint density at radius 3 is 2.89 bits per heavy atom. The van der Waals surface area contributed by atoms with Gasteiger partial charge in [0.15, 0.2) is 0 Å². The lowest BCUT2D eigenvalue weighted by Gasteiger charge is -2.27. The fourth-order valence-electron chi connectivity index (χ4n) is 3.11. The van der Waals surface area contributed by atoms with Crippen LogP contribution in [0.25, 0.3) is 0 Å². The smallest absolute Gasteiger partial charge is 0.0366 e. The zero-order chi connectivity index (χ0) is 13.0. The Morgan fingerprint density at radius 2 is 2.17 bits per heavy atom. The molecule has 0 aliphatic heterocycles. The zero-order valence-corrected chi connectivity index (χ0v) is 11.9. The van der Waals surface area contributed by atoms with Crippen LogP contribution in [0, 0.1) is 12.8 Å². The highest BCUT2D eigenvalue weighted by Gasteiger charge is 2.27. The van der Waals surface area contributed by atoms with E-state index in [1.54, 1.807) is 0 Å². The van der Waals surface area contributed by atoms with Crippen molar-refractivity contribution in [2.24, 2.45) is 5.92 Å². The van der Waals surface area contributed by atoms with E-state index in [0.717, 1.165) is 18.5 Å². The van der Waals surface area contributed by atoms with Gasteiger partial charge < -0.3 is 10.2 Å². The maximum absolute atomic E-state index is 3.64. The molecular weight excluding hydrogens is 220 g/mol. The van der Waals surface area contributed by atoms with Crippen molar-refractivity contribution < 1.29 is 0 Å². The Balaban J connectivity index is 1.96. The first-order valence-corrected chi connectivity index (χ1v) is 7.22. The van der Waals surface area contributed by atoms with Gasteiger partial charge in [-0.25, -0.2) is 0 Å². The number of rotatable bonds is 5. The van der Waals surface area contributed by atoms with Crippen molar-refractivity contribution in [2.45, 2.75) is 39.2 Å². The molecule has 2 unspecified atom stereocenters. The number of benzene rings is 1. The molecular formula is C16H26N2. The third-order valence-corrected chi connectivity index (χ3v) is 4.08. The fourth-order valence-corrected chi connectivity index (χ4v) is 3.11. The maximum Gasteiger partial charge on any atom is 0.0366 e. The Morgan fingerprint density at radius 1 is 1.33 bits per heavy atom. The van der Waals surface area contributed by atoms with E-state index >= 15 is 0 Å². The zero-order valence-electron chi connectivity index (χ0n) is 11.9. The lowest BCUT2D eigenvalue weighted by atomic mass is 10.0. The van der Waals surface area contributed by atoms with E-state index in [1.807, 2.05) is 0 Å². The molecule has 2 atom stereocenters. The average Bonchev–Trinajstić information content (AvgIpc) is 2.77. The lowest BCUT2D eigenvalue weighted by Crippen LogP contribution is -2.38. The first-order valence-electron chi connectivity index (χ1n) is 7.22. The number of aryl methyl sites for hydroxylation is 1. The van der Waals surface area contributed by atoms with Crippen molar-refractivity contribution in [3.05, 3.63) is 29.8 Å². The van der Waals surface area contributed by atoms with Crippen molar-refractivity contribution in [1.82, 2.24) is 5.32 Å². The van der Waals surface area contributed by atoms with Gasteiger partial charge in [0.1, 0.15) is 0 Å². The predicted octanol–water partition coefficient (Wildman–Crippen LogP) is 3.21. The SMILES string of the molecule is CCNC1CCCC1CN(C)c1cccc(C)c1. The summed E-state index contributed by atoms with van der Waals surface area (Å²) in [6, 6.07) is 9.52. The third-order valence-electron chi connectivity index (χ3n) is 4.08. The molecule has 0 aromatic heterocycles. The molecule has 2 nitrogen and oxygen atoms in total. The van der Waals surface area contributed by atoms with E-state index < -0.39 is 0 Å². The highest BCUT2D eigenvalue weighted by molar-refractivity contribution is 5.47. The molecule has 100 valence electrons. The van der Waals surface area contributed by atoms with Gasteiger partial charge in [-0.1, -0.05) is 25.5 Å². The van der Waals surface area contributed by atoms with Crippen molar-refractivity contribution in [1.29, 1.82) is 0 Å². The maximum atomic E-state index is 3.64.